The van der Waals surface area contributed by atoms with Crippen LogP contribution in [0.1, 0.15) is 19.3 Å². The molecular weight excluding hydrogens is 570 g/mol. The number of hydrogen-bond donors (Lipinski definition) is 0. The summed E-state index contributed by atoms with van der Waals surface area (Å²) >= 11 is 9.21. The highest BCUT2D eigenvalue weighted by Gasteiger charge is 2.49. The summed E-state index contributed by atoms with van der Waals surface area (Å²) in [6.45, 7) is -0.857. The van der Waals surface area contributed by atoms with E-state index in [0.29, 0.717) is 17.9 Å². The molecule has 2 saturated heterocycles. The van der Waals surface area contributed by atoms with Crippen molar-refractivity contribution in [2.75, 3.05) is 37.7 Å². The van der Waals surface area contributed by atoms with Crippen LogP contribution in [0.25, 0.3) is 10.9 Å². The summed E-state index contributed by atoms with van der Waals surface area (Å²) in [5, 5.41) is -0.474. The van der Waals surface area contributed by atoms with Crippen molar-refractivity contribution in [1.29, 1.82) is 0 Å². The molecule has 3 aliphatic rings. The molecule has 1 aromatic carbocycles. The van der Waals surface area contributed by atoms with Crippen LogP contribution in [0.4, 0.5) is 32.2 Å². The molecule has 0 spiro atoms. The fourth-order valence-corrected chi connectivity index (χ4v) is 5.86. The standard InChI is InChI=1S/C21H20BrClF6N4O2/c22-13-14(23)17-12-16(15(13)27)30-20(35-8-21-2-1-3-32(21)5-9(24)4-21)31-19(12)33(6-11(25)26)10(7-34-17)18(28)29/h9-11,18H,1-8H2/t9-,10-,21+/m1/s1. The fraction of sp³-hybridized carbons (Fsp3) is 0.619. The second-order valence-electron chi connectivity index (χ2n) is 8.94. The highest BCUT2D eigenvalue weighted by atomic mass is 79.9. The minimum atomic E-state index is -3.09. The van der Waals surface area contributed by atoms with E-state index in [1.165, 1.54) is 0 Å². The number of ether oxygens (including phenoxy) is 2. The van der Waals surface area contributed by atoms with Crippen LogP contribution in [0.5, 0.6) is 11.8 Å². The van der Waals surface area contributed by atoms with Crippen LogP contribution < -0.4 is 14.4 Å². The van der Waals surface area contributed by atoms with Crippen molar-refractivity contribution in [3.8, 4) is 11.8 Å². The lowest BCUT2D eigenvalue weighted by Gasteiger charge is -2.32. The first-order chi connectivity index (χ1) is 16.6. The summed E-state index contributed by atoms with van der Waals surface area (Å²) in [4.78, 5) is 10.9. The minimum Gasteiger partial charge on any atom is -0.489 e. The second kappa shape index (κ2) is 9.29. The van der Waals surface area contributed by atoms with Crippen LogP contribution in [0.15, 0.2) is 4.47 Å². The normalized spacial score (nSPS) is 26.5. The molecule has 35 heavy (non-hydrogen) atoms. The number of aromatic nitrogens is 2. The van der Waals surface area contributed by atoms with Crippen molar-refractivity contribution in [2.24, 2.45) is 0 Å². The maximum Gasteiger partial charge on any atom is 0.319 e. The molecule has 6 nitrogen and oxygen atoms in total. The molecular formula is C21H20BrClF6N4O2. The molecule has 2 aromatic rings. The van der Waals surface area contributed by atoms with E-state index in [-0.39, 0.29) is 45.7 Å². The average Bonchev–Trinajstić information content (AvgIpc) is 3.26. The third-order valence-corrected chi connectivity index (χ3v) is 8.15. The summed E-state index contributed by atoms with van der Waals surface area (Å²) in [5.74, 6) is -1.55. The Morgan fingerprint density at radius 1 is 1.26 bits per heavy atom. The summed E-state index contributed by atoms with van der Waals surface area (Å²) in [5.41, 5.74) is -0.978. The van der Waals surface area contributed by atoms with Gasteiger partial charge in [0.1, 0.15) is 41.8 Å². The highest BCUT2D eigenvalue weighted by Crippen LogP contribution is 2.47. The monoisotopic (exact) mass is 588 g/mol. The summed E-state index contributed by atoms with van der Waals surface area (Å²) < 4.78 is 95.1. The molecule has 3 aliphatic heterocycles. The van der Waals surface area contributed by atoms with E-state index in [1.54, 1.807) is 0 Å². The molecule has 192 valence electrons. The molecule has 14 heteroatoms. The van der Waals surface area contributed by atoms with Crippen molar-refractivity contribution < 1.29 is 35.8 Å². The molecule has 0 N–H and O–H groups in total. The van der Waals surface area contributed by atoms with Crippen LogP contribution in [0, 0.1) is 5.82 Å². The predicted octanol–water partition coefficient (Wildman–Crippen LogP) is 5.24. The first-order valence-electron chi connectivity index (χ1n) is 11.0. The van der Waals surface area contributed by atoms with Crippen molar-refractivity contribution in [3.05, 3.63) is 15.3 Å². The van der Waals surface area contributed by atoms with Crippen molar-refractivity contribution in [3.63, 3.8) is 0 Å². The van der Waals surface area contributed by atoms with Gasteiger partial charge in [0.2, 0.25) is 0 Å². The Morgan fingerprint density at radius 3 is 2.74 bits per heavy atom. The number of hydrogen-bond acceptors (Lipinski definition) is 6. The zero-order chi connectivity index (χ0) is 25.1. The Hall–Kier alpha value is -1.73. The molecule has 0 unspecified atom stereocenters. The lowest BCUT2D eigenvalue weighted by atomic mass is 9.95. The Kier molecular flexibility index (Phi) is 6.62. The smallest absolute Gasteiger partial charge is 0.319 e. The van der Waals surface area contributed by atoms with E-state index >= 15 is 4.39 Å². The lowest BCUT2D eigenvalue weighted by Crippen LogP contribution is -2.46. The number of rotatable bonds is 6. The van der Waals surface area contributed by atoms with Crippen LogP contribution in [0.3, 0.4) is 0 Å². The van der Waals surface area contributed by atoms with Crippen LogP contribution in [-0.2, 0) is 0 Å². The van der Waals surface area contributed by atoms with E-state index in [1.807, 2.05) is 4.90 Å². The zero-order valence-electron chi connectivity index (χ0n) is 18.1. The molecule has 0 aliphatic carbocycles. The molecule has 2 fully saturated rings. The SMILES string of the molecule is Fc1c(Br)c(Cl)c2c3c(nc(OC[C@@]45CCCN4C[C@H](F)C5)nc13)N(CC(F)F)[C@@H](C(F)F)CO2. The van der Waals surface area contributed by atoms with Crippen molar-refractivity contribution in [1.82, 2.24) is 14.9 Å². The molecule has 1 aromatic heterocycles. The Morgan fingerprint density at radius 2 is 2.03 bits per heavy atom. The Labute approximate surface area is 209 Å². The van der Waals surface area contributed by atoms with E-state index in [0.717, 1.165) is 6.42 Å². The van der Waals surface area contributed by atoms with Gasteiger partial charge in [-0.2, -0.15) is 9.97 Å². The van der Waals surface area contributed by atoms with Gasteiger partial charge in [0.15, 0.2) is 11.6 Å². The van der Waals surface area contributed by atoms with Crippen LogP contribution >= 0.6 is 27.5 Å². The van der Waals surface area contributed by atoms with E-state index < -0.39 is 61.4 Å². The van der Waals surface area contributed by atoms with Gasteiger partial charge in [-0.25, -0.2) is 26.3 Å². The summed E-state index contributed by atoms with van der Waals surface area (Å²) in [6.07, 6.45) is -5.36. The van der Waals surface area contributed by atoms with E-state index in [2.05, 4.69) is 25.9 Å². The van der Waals surface area contributed by atoms with Crippen LogP contribution in [0.2, 0.25) is 5.02 Å². The zero-order valence-corrected chi connectivity index (χ0v) is 20.4. The Bertz CT molecular complexity index is 1150. The Balaban J connectivity index is 1.63. The second-order valence-corrected chi connectivity index (χ2v) is 10.1. The molecule has 3 atom stereocenters. The van der Waals surface area contributed by atoms with Crippen molar-refractivity contribution >= 4 is 44.3 Å². The third kappa shape index (κ3) is 4.26. The summed E-state index contributed by atoms with van der Waals surface area (Å²) in [7, 11) is 0. The molecule has 0 saturated carbocycles. The van der Waals surface area contributed by atoms with E-state index in [4.69, 9.17) is 21.1 Å². The lowest BCUT2D eigenvalue weighted by molar-refractivity contribution is 0.0758. The predicted molar refractivity (Wildman–Crippen MR) is 119 cm³/mol. The average molecular weight is 590 g/mol. The third-order valence-electron chi connectivity index (χ3n) is 6.82. The molecule has 0 amide bonds. The largest absolute Gasteiger partial charge is 0.489 e. The highest BCUT2D eigenvalue weighted by molar-refractivity contribution is 9.10. The maximum atomic E-state index is 15.2. The van der Waals surface area contributed by atoms with Gasteiger partial charge < -0.3 is 14.4 Å². The van der Waals surface area contributed by atoms with Gasteiger partial charge in [-0.3, -0.25) is 4.90 Å². The summed E-state index contributed by atoms with van der Waals surface area (Å²) in [6, 6.07) is -2.21. The number of nitrogens with zero attached hydrogens (tertiary/aromatic N) is 4. The number of anilines is 1. The minimum absolute atomic E-state index is 0.0226. The van der Waals surface area contributed by atoms with Gasteiger partial charge in [0.05, 0.1) is 21.9 Å². The van der Waals surface area contributed by atoms with Gasteiger partial charge in [-0.1, -0.05) is 11.6 Å². The number of halogens is 8. The number of benzene rings is 1. The first-order valence-corrected chi connectivity index (χ1v) is 12.1. The number of alkyl halides is 5. The van der Waals surface area contributed by atoms with Gasteiger partial charge in [0, 0.05) is 13.0 Å². The van der Waals surface area contributed by atoms with Crippen LogP contribution in [-0.4, -0.2) is 78.3 Å². The van der Waals surface area contributed by atoms with Gasteiger partial charge in [-0.05, 0) is 35.3 Å². The van der Waals surface area contributed by atoms with Gasteiger partial charge in [0.25, 0.3) is 12.9 Å². The van der Waals surface area contributed by atoms with Crippen molar-refractivity contribution in [2.45, 2.75) is 49.9 Å². The molecule has 0 bridgehead atoms. The quantitative estimate of drug-likeness (QED) is 0.340. The van der Waals surface area contributed by atoms with E-state index in [9.17, 15) is 22.0 Å². The first kappa shape index (κ1) is 24.9. The molecule has 4 heterocycles. The van der Waals surface area contributed by atoms with Gasteiger partial charge >= 0.3 is 6.01 Å². The van der Waals surface area contributed by atoms with Gasteiger partial charge in [-0.15, -0.1) is 0 Å². The number of fused-ring (bicyclic) bond motifs is 1. The maximum absolute atomic E-state index is 15.2. The fourth-order valence-electron chi connectivity index (χ4n) is 5.26. The molecule has 0 radical (unpaired) electrons. The topological polar surface area (TPSA) is 50.7 Å². The molecule has 5 rings (SSSR count).